The van der Waals surface area contributed by atoms with E-state index in [9.17, 15) is 4.79 Å². The summed E-state index contributed by atoms with van der Waals surface area (Å²) in [6.07, 6.45) is 0. The van der Waals surface area contributed by atoms with Gasteiger partial charge in [0, 0.05) is 12.1 Å². The predicted octanol–water partition coefficient (Wildman–Crippen LogP) is 2.86. The van der Waals surface area contributed by atoms with Gasteiger partial charge in [0.05, 0.1) is 13.1 Å². The number of carbonyl (C=O) groups is 1. The minimum Gasteiger partial charge on any atom is -0.341 e. The van der Waals surface area contributed by atoms with Gasteiger partial charge < -0.3 is 5.32 Å². The van der Waals surface area contributed by atoms with Crippen LogP contribution in [0.15, 0.2) is 54.6 Å². The van der Waals surface area contributed by atoms with Crippen LogP contribution in [0.5, 0.6) is 0 Å². The average molecular weight is 306 g/mol. The number of benzene rings is 2. The van der Waals surface area contributed by atoms with E-state index in [4.69, 9.17) is 0 Å². The number of carbonyl (C=O) groups excluding carboxylic acids is 1. The monoisotopic (exact) mass is 306 g/mol. The lowest BCUT2D eigenvalue weighted by Gasteiger charge is -2.12. The minimum absolute atomic E-state index is 0.0740. The molecule has 2 aromatic carbocycles. The van der Waals surface area contributed by atoms with Crippen molar-refractivity contribution in [2.45, 2.75) is 13.5 Å². The Morgan fingerprint density at radius 1 is 1.04 bits per heavy atom. The Morgan fingerprint density at radius 3 is 2.48 bits per heavy atom. The SMILES string of the molecule is Cc1ccccc1C(=O)NCC#CCN(C)Cc1ccccc1. The quantitative estimate of drug-likeness (QED) is 0.862. The lowest BCUT2D eigenvalue weighted by atomic mass is 10.1. The van der Waals surface area contributed by atoms with E-state index >= 15 is 0 Å². The Labute approximate surface area is 138 Å². The molecular weight excluding hydrogens is 284 g/mol. The maximum Gasteiger partial charge on any atom is 0.252 e. The third-order valence-corrected chi connectivity index (χ3v) is 3.50. The van der Waals surface area contributed by atoms with Crippen molar-refractivity contribution in [1.82, 2.24) is 10.2 Å². The molecule has 0 atom stereocenters. The number of hydrogen-bond donors (Lipinski definition) is 1. The highest BCUT2D eigenvalue weighted by atomic mass is 16.1. The zero-order chi connectivity index (χ0) is 16.5. The summed E-state index contributed by atoms with van der Waals surface area (Å²) in [5.41, 5.74) is 2.95. The van der Waals surface area contributed by atoms with Crippen molar-refractivity contribution in [3.63, 3.8) is 0 Å². The molecule has 0 radical (unpaired) electrons. The van der Waals surface area contributed by atoms with Crippen LogP contribution in [-0.4, -0.2) is 30.9 Å². The summed E-state index contributed by atoms with van der Waals surface area (Å²) in [5.74, 6) is 6.01. The van der Waals surface area contributed by atoms with Crippen LogP contribution >= 0.6 is 0 Å². The first-order valence-electron chi connectivity index (χ1n) is 7.69. The first-order chi connectivity index (χ1) is 11.2. The summed E-state index contributed by atoms with van der Waals surface area (Å²) >= 11 is 0. The van der Waals surface area contributed by atoms with Crippen LogP contribution in [0.25, 0.3) is 0 Å². The molecule has 3 nitrogen and oxygen atoms in total. The van der Waals surface area contributed by atoms with Gasteiger partial charge in [-0.3, -0.25) is 9.69 Å². The van der Waals surface area contributed by atoms with Gasteiger partial charge in [0.1, 0.15) is 0 Å². The van der Waals surface area contributed by atoms with E-state index in [0.717, 1.165) is 12.1 Å². The molecule has 2 rings (SSSR count). The molecular formula is C20H22N2O. The van der Waals surface area contributed by atoms with E-state index in [1.54, 1.807) is 0 Å². The van der Waals surface area contributed by atoms with Crippen molar-refractivity contribution in [3.05, 3.63) is 71.3 Å². The highest BCUT2D eigenvalue weighted by molar-refractivity contribution is 5.95. The molecule has 3 heteroatoms. The molecule has 0 saturated carbocycles. The predicted molar refractivity (Wildman–Crippen MR) is 94.1 cm³/mol. The molecule has 0 heterocycles. The summed E-state index contributed by atoms with van der Waals surface area (Å²) in [6, 6.07) is 17.8. The summed E-state index contributed by atoms with van der Waals surface area (Å²) in [4.78, 5) is 14.2. The zero-order valence-corrected chi connectivity index (χ0v) is 13.7. The molecule has 2 aromatic rings. The second-order valence-electron chi connectivity index (χ2n) is 5.51. The summed E-state index contributed by atoms with van der Waals surface area (Å²) < 4.78 is 0. The Kier molecular flexibility index (Phi) is 6.40. The Hall–Kier alpha value is -2.57. The maximum atomic E-state index is 12.0. The normalized spacial score (nSPS) is 10.0. The van der Waals surface area contributed by atoms with Gasteiger partial charge in [-0.15, -0.1) is 0 Å². The van der Waals surface area contributed by atoms with Crippen LogP contribution in [0.4, 0.5) is 0 Å². The molecule has 1 N–H and O–H groups in total. The fourth-order valence-electron chi connectivity index (χ4n) is 2.25. The second kappa shape index (κ2) is 8.77. The molecule has 0 fully saturated rings. The molecule has 0 spiro atoms. The smallest absolute Gasteiger partial charge is 0.252 e. The van der Waals surface area contributed by atoms with Crippen LogP contribution < -0.4 is 5.32 Å². The van der Waals surface area contributed by atoms with Gasteiger partial charge in [-0.1, -0.05) is 60.4 Å². The van der Waals surface area contributed by atoms with E-state index in [1.807, 2.05) is 56.4 Å². The average Bonchev–Trinajstić information content (AvgIpc) is 2.55. The zero-order valence-electron chi connectivity index (χ0n) is 13.7. The molecule has 23 heavy (non-hydrogen) atoms. The fraction of sp³-hybridized carbons (Fsp3) is 0.250. The van der Waals surface area contributed by atoms with Gasteiger partial charge in [0.25, 0.3) is 5.91 Å². The first-order valence-corrected chi connectivity index (χ1v) is 7.69. The van der Waals surface area contributed by atoms with E-state index in [1.165, 1.54) is 5.56 Å². The fourth-order valence-corrected chi connectivity index (χ4v) is 2.25. The number of aryl methyl sites for hydroxylation is 1. The van der Waals surface area contributed by atoms with Crippen LogP contribution in [-0.2, 0) is 6.54 Å². The summed E-state index contributed by atoms with van der Waals surface area (Å²) in [7, 11) is 2.04. The number of amides is 1. The van der Waals surface area contributed by atoms with Crippen molar-refractivity contribution in [1.29, 1.82) is 0 Å². The molecule has 0 bridgehead atoms. The number of hydrogen-bond acceptors (Lipinski definition) is 2. The van der Waals surface area contributed by atoms with Gasteiger partial charge in [-0.25, -0.2) is 0 Å². The highest BCUT2D eigenvalue weighted by Crippen LogP contribution is 2.06. The maximum absolute atomic E-state index is 12.0. The topological polar surface area (TPSA) is 32.3 Å². The van der Waals surface area contributed by atoms with Crippen LogP contribution in [0.3, 0.4) is 0 Å². The first kappa shape index (κ1) is 16.8. The van der Waals surface area contributed by atoms with Gasteiger partial charge in [0.15, 0.2) is 0 Å². The van der Waals surface area contributed by atoms with Gasteiger partial charge in [0.2, 0.25) is 0 Å². The van der Waals surface area contributed by atoms with Crippen molar-refractivity contribution in [2.24, 2.45) is 0 Å². The molecule has 118 valence electrons. The van der Waals surface area contributed by atoms with Crippen LogP contribution in [0.2, 0.25) is 0 Å². The summed E-state index contributed by atoms with van der Waals surface area (Å²) in [6.45, 7) is 3.84. The van der Waals surface area contributed by atoms with Gasteiger partial charge in [-0.2, -0.15) is 0 Å². The molecule has 0 aromatic heterocycles. The number of nitrogens with one attached hydrogen (secondary N) is 1. The number of nitrogens with zero attached hydrogens (tertiary/aromatic N) is 1. The Bertz CT molecular complexity index is 698. The second-order valence-corrected chi connectivity index (χ2v) is 5.51. The molecule has 0 aliphatic carbocycles. The van der Waals surface area contributed by atoms with Crippen LogP contribution in [0.1, 0.15) is 21.5 Å². The lowest BCUT2D eigenvalue weighted by Crippen LogP contribution is -2.24. The highest BCUT2D eigenvalue weighted by Gasteiger charge is 2.05. The molecule has 0 aliphatic rings. The van der Waals surface area contributed by atoms with Crippen LogP contribution in [0, 0.1) is 18.8 Å². The van der Waals surface area contributed by atoms with Gasteiger partial charge >= 0.3 is 0 Å². The summed E-state index contributed by atoms with van der Waals surface area (Å²) in [5, 5.41) is 2.83. The van der Waals surface area contributed by atoms with E-state index in [0.29, 0.717) is 18.7 Å². The van der Waals surface area contributed by atoms with E-state index in [2.05, 4.69) is 34.2 Å². The van der Waals surface area contributed by atoms with Gasteiger partial charge in [-0.05, 0) is 31.2 Å². The Balaban J connectivity index is 1.74. The molecule has 1 amide bonds. The number of rotatable bonds is 5. The molecule has 0 aliphatic heterocycles. The van der Waals surface area contributed by atoms with Crippen molar-refractivity contribution >= 4 is 5.91 Å². The van der Waals surface area contributed by atoms with E-state index in [-0.39, 0.29) is 5.91 Å². The van der Waals surface area contributed by atoms with E-state index < -0.39 is 0 Å². The third kappa shape index (κ3) is 5.61. The molecule has 0 saturated heterocycles. The van der Waals surface area contributed by atoms with Crippen molar-refractivity contribution < 1.29 is 4.79 Å². The minimum atomic E-state index is -0.0740. The largest absolute Gasteiger partial charge is 0.341 e. The Morgan fingerprint density at radius 2 is 1.74 bits per heavy atom. The van der Waals surface area contributed by atoms with Crippen molar-refractivity contribution in [2.75, 3.05) is 20.1 Å². The standard InChI is InChI=1S/C20H22N2O/c1-17-10-6-7-13-19(17)20(23)21-14-8-9-15-22(2)16-18-11-4-3-5-12-18/h3-7,10-13H,14-16H2,1-2H3,(H,21,23). The third-order valence-electron chi connectivity index (χ3n) is 3.50. The lowest BCUT2D eigenvalue weighted by molar-refractivity contribution is 0.0958. The van der Waals surface area contributed by atoms with Crippen molar-refractivity contribution in [3.8, 4) is 11.8 Å². The molecule has 0 unspecified atom stereocenters.